The molecule has 148 valence electrons. The van der Waals surface area contributed by atoms with Crippen LogP contribution < -0.4 is 4.74 Å². The summed E-state index contributed by atoms with van der Waals surface area (Å²) in [4.78, 5) is 11.6. The van der Waals surface area contributed by atoms with E-state index in [1.807, 2.05) is 0 Å². The van der Waals surface area contributed by atoms with Gasteiger partial charge >= 0.3 is 6.16 Å². The molecule has 1 heterocycles. The Hall–Kier alpha value is -2.51. The van der Waals surface area contributed by atoms with Gasteiger partial charge in [0.1, 0.15) is 5.75 Å². The number of hydrogen-bond acceptors (Lipinski definition) is 5. The third-order valence-electron chi connectivity index (χ3n) is 4.32. The molecule has 0 unspecified atom stereocenters. The highest BCUT2D eigenvalue weighted by atomic mass is 35.5. The van der Waals surface area contributed by atoms with Crippen LogP contribution in [-0.2, 0) is 21.2 Å². The average molecular weight is 422 g/mol. The minimum absolute atomic E-state index is 0.203. The van der Waals surface area contributed by atoms with Crippen LogP contribution >= 0.6 is 11.6 Å². The third kappa shape index (κ3) is 4.15. The van der Waals surface area contributed by atoms with Gasteiger partial charge in [-0.15, -0.1) is 11.6 Å². The summed E-state index contributed by atoms with van der Waals surface area (Å²) in [7, 11) is -2.53. The molecule has 0 aliphatic carbocycles. The molecule has 0 fully saturated rings. The quantitative estimate of drug-likeness (QED) is 0.241. The predicted molar refractivity (Wildman–Crippen MR) is 108 cm³/mol. The minimum atomic E-state index is -3.76. The molecular formula is C20H20ClNO5S. The summed E-state index contributed by atoms with van der Waals surface area (Å²) in [6.07, 6.45) is 3.08. The lowest BCUT2D eigenvalue weighted by molar-refractivity contribution is 0.121. The van der Waals surface area contributed by atoms with Crippen molar-refractivity contribution in [3.8, 4) is 5.75 Å². The van der Waals surface area contributed by atoms with Crippen molar-refractivity contribution >= 4 is 38.7 Å². The fourth-order valence-electron chi connectivity index (χ4n) is 2.96. The molecule has 3 rings (SSSR count). The topological polar surface area (TPSA) is 74.6 Å². The number of halogens is 1. The molecule has 0 bridgehead atoms. The van der Waals surface area contributed by atoms with Crippen LogP contribution in [-0.4, -0.2) is 31.5 Å². The Kier molecular flexibility index (Phi) is 6.26. The number of ether oxygens (including phenoxy) is 2. The predicted octanol–water partition coefficient (Wildman–Crippen LogP) is 4.59. The molecule has 0 amide bonds. The maximum atomic E-state index is 13.1. The van der Waals surface area contributed by atoms with Crippen LogP contribution in [0, 0.1) is 0 Å². The SMILES string of the molecule is COC(=O)Oc1ccc2c(c1)c(CCCCCl)cn2S(=O)(=O)c1ccccc1. The third-order valence-corrected chi connectivity index (χ3v) is 6.28. The number of rotatable bonds is 7. The summed E-state index contributed by atoms with van der Waals surface area (Å²) in [5, 5.41) is 0.704. The van der Waals surface area contributed by atoms with Gasteiger partial charge in [0.2, 0.25) is 0 Å². The van der Waals surface area contributed by atoms with E-state index in [-0.39, 0.29) is 10.6 Å². The number of unbranched alkanes of at least 4 members (excludes halogenated alkanes) is 1. The maximum Gasteiger partial charge on any atom is 0.513 e. The molecule has 0 spiro atoms. The van der Waals surface area contributed by atoms with Crippen LogP contribution in [0.4, 0.5) is 4.79 Å². The Morgan fingerprint density at radius 2 is 1.86 bits per heavy atom. The highest BCUT2D eigenvalue weighted by Gasteiger charge is 2.21. The highest BCUT2D eigenvalue weighted by molar-refractivity contribution is 7.90. The highest BCUT2D eigenvalue weighted by Crippen LogP contribution is 2.30. The first-order chi connectivity index (χ1) is 13.5. The van der Waals surface area contributed by atoms with Gasteiger partial charge < -0.3 is 9.47 Å². The van der Waals surface area contributed by atoms with Gasteiger partial charge in [-0.1, -0.05) is 18.2 Å². The van der Waals surface area contributed by atoms with Crippen molar-refractivity contribution in [3.63, 3.8) is 0 Å². The fourth-order valence-corrected chi connectivity index (χ4v) is 4.56. The second-order valence-electron chi connectivity index (χ2n) is 6.15. The number of aromatic nitrogens is 1. The van der Waals surface area contributed by atoms with Gasteiger partial charge in [-0.2, -0.15) is 0 Å². The molecule has 0 aliphatic rings. The first-order valence-corrected chi connectivity index (χ1v) is 10.7. The standard InChI is InChI=1S/C20H20ClNO5S/c1-26-20(23)27-16-10-11-19-18(13-16)15(7-5-6-12-21)14-22(19)28(24,25)17-8-3-2-4-9-17/h2-4,8-11,13-14H,5-7,12H2,1H3. The summed E-state index contributed by atoms with van der Waals surface area (Å²) < 4.78 is 37.2. The number of aryl methyl sites for hydroxylation is 1. The summed E-state index contributed by atoms with van der Waals surface area (Å²) in [6.45, 7) is 0. The van der Waals surface area contributed by atoms with Crippen molar-refractivity contribution < 1.29 is 22.7 Å². The van der Waals surface area contributed by atoms with E-state index >= 15 is 0 Å². The average Bonchev–Trinajstić information content (AvgIpc) is 3.07. The summed E-state index contributed by atoms with van der Waals surface area (Å²) in [5.41, 5.74) is 1.36. The lowest BCUT2D eigenvalue weighted by Crippen LogP contribution is -2.11. The van der Waals surface area contributed by atoms with Crippen LogP contribution in [0.25, 0.3) is 10.9 Å². The van der Waals surface area contributed by atoms with Crippen LogP contribution in [0.2, 0.25) is 0 Å². The van der Waals surface area contributed by atoms with Gasteiger partial charge in [-0.05, 0) is 55.2 Å². The van der Waals surface area contributed by atoms with Crippen LogP contribution in [0.5, 0.6) is 5.75 Å². The number of benzene rings is 2. The number of hydrogen-bond donors (Lipinski definition) is 0. The smallest absolute Gasteiger partial charge is 0.437 e. The lowest BCUT2D eigenvalue weighted by Gasteiger charge is -2.08. The van der Waals surface area contributed by atoms with E-state index < -0.39 is 16.2 Å². The van der Waals surface area contributed by atoms with E-state index in [4.69, 9.17) is 16.3 Å². The largest absolute Gasteiger partial charge is 0.513 e. The zero-order valence-corrected chi connectivity index (χ0v) is 16.9. The van der Waals surface area contributed by atoms with Crippen LogP contribution in [0.15, 0.2) is 59.6 Å². The van der Waals surface area contributed by atoms with Crippen molar-refractivity contribution in [2.75, 3.05) is 13.0 Å². The van der Waals surface area contributed by atoms with E-state index in [2.05, 4.69) is 4.74 Å². The molecule has 8 heteroatoms. The van der Waals surface area contributed by atoms with E-state index in [0.29, 0.717) is 23.2 Å². The summed E-state index contributed by atoms with van der Waals surface area (Å²) >= 11 is 5.77. The molecule has 0 radical (unpaired) electrons. The Bertz CT molecular complexity index is 1080. The van der Waals surface area contributed by atoms with Crippen molar-refractivity contribution in [3.05, 3.63) is 60.3 Å². The first-order valence-electron chi connectivity index (χ1n) is 8.73. The van der Waals surface area contributed by atoms with Crippen molar-refractivity contribution in [2.24, 2.45) is 0 Å². The number of alkyl halides is 1. The van der Waals surface area contributed by atoms with E-state index in [1.54, 1.807) is 54.7 Å². The molecule has 0 aliphatic heterocycles. The van der Waals surface area contributed by atoms with E-state index in [0.717, 1.165) is 18.4 Å². The van der Waals surface area contributed by atoms with E-state index in [1.165, 1.54) is 11.1 Å². The Labute approximate surface area is 168 Å². The van der Waals surface area contributed by atoms with Gasteiger partial charge in [-0.25, -0.2) is 17.2 Å². The molecular weight excluding hydrogens is 402 g/mol. The molecule has 0 saturated heterocycles. The lowest BCUT2D eigenvalue weighted by atomic mass is 10.1. The van der Waals surface area contributed by atoms with Gasteiger partial charge in [0.15, 0.2) is 0 Å². The van der Waals surface area contributed by atoms with Crippen LogP contribution in [0.3, 0.4) is 0 Å². The number of nitrogens with zero attached hydrogens (tertiary/aromatic N) is 1. The number of fused-ring (bicyclic) bond motifs is 1. The summed E-state index contributed by atoms with van der Waals surface area (Å²) in [5.74, 6) is 0.824. The fraction of sp³-hybridized carbons (Fsp3) is 0.250. The van der Waals surface area contributed by atoms with Crippen molar-refractivity contribution in [1.82, 2.24) is 3.97 Å². The molecule has 2 aromatic carbocycles. The van der Waals surface area contributed by atoms with Crippen molar-refractivity contribution in [2.45, 2.75) is 24.2 Å². The minimum Gasteiger partial charge on any atom is -0.437 e. The molecule has 0 N–H and O–H groups in total. The van der Waals surface area contributed by atoms with Gasteiger partial charge in [0.25, 0.3) is 10.0 Å². The summed E-state index contributed by atoms with van der Waals surface area (Å²) in [6, 6.07) is 13.1. The number of carbonyl (C=O) groups excluding carboxylic acids is 1. The normalized spacial score (nSPS) is 11.5. The molecule has 3 aromatic rings. The molecule has 28 heavy (non-hydrogen) atoms. The van der Waals surface area contributed by atoms with E-state index in [9.17, 15) is 13.2 Å². The van der Waals surface area contributed by atoms with Gasteiger partial charge in [0.05, 0.1) is 17.5 Å². The maximum absolute atomic E-state index is 13.1. The second kappa shape index (κ2) is 8.67. The molecule has 0 saturated carbocycles. The van der Waals surface area contributed by atoms with Gasteiger partial charge in [-0.3, -0.25) is 0 Å². The Morgan fingerprint density at radius 1 is 1.11 bits per heavy atom. The number of methoxy groups -OCH3 is 1. The molecule has 1 aromatic heterocycles. The first kappa shape index (κ1) is 20.2. The Morgan fingerprint density at radius 3 is 2.54 bits per heavy atom. The monoisotopic (exact) mass is 421 g/mol. The van der Waals surface area contributed by atoms with Crippen LogP contribution in [0.1, 0.15) is 18.4 Å². The Balaban J connectivity index is 2.11. The zero-order valence-electron chi connectivity index (χ0n) is 15.3. The van der Waals surface area contributed by atoms with Crippen molar-refractivity contribution in [1.29, 1.82) is 0 Å². The molecule has 6 nitrogen and oxygen atoms in total. The van der Waals surface area contributed by atoms with Gasteiger partial charge in [0, 0.05) is 17.5 Å². The number of carbonyl (C=O) groups is 1. The zero-order chi connectivity index (χ0) is 20.1. The molecule has 0 atom stereocenters. The second-order valence-corrected chi connectivity index (χ2v) is 8.34.